The zero-order valence-electron chi connectivity index (χ0n) is 11.6. The van der Waals surface area contributed by atoms with Crippen LogP contribution in [0, 0.1) is 0 Å². The molecule has 0 aromatic heterocycles. The fourth-order valence-corrected chi connectivity index (χ4v) is 2.88. The Morgan fingerprint density at radius 1 is 1.81 bits per heavy atom. The second-order valence-corrected chi connectivity index (χ2v) is 5.85. The first kappa shape index (κ1) is 16.2. The van der Waals surface area contributed by atoms with Gasteiger partial charge in [0.2, 0.25) is 0 Å². The molecule has 2 heterocycles. The molecule has 0 amide bonds. The first-order chi connectivity index (χ1) is 9.92. The van der Waals surface area contributed by atoms with Crippen molar-refractivity contribution in [2.24, 2.45) is 10.7 Å². The average Bonchev–Trinajstić information content (AvgIpc) is 2.88. The van der Waals surface area contributed by atoms with Crippen LogP contribution in [0.4, 0.5) is 4.39 Å². The monoisotopic (exact) mass is 319 g/mol. The predicted octanol–water partition coefficient (Wildman–Crippen LogP) is 0.505. The number of nitrogens with zero attached hydrogens (tertiary/aromatic N) is 2. The highest BCUT2D eigenvalue weighted by Gasteiger charge is 2.40. The van der Waals surface area contributed by atoms with Crippen LogP contribution in [0.25, 0.3) is 0 Å². The van der Waals surface area contributed by atoms with Crippen LogP contribution in [0.1, 0.15) is 19.8 Å². The number of nitrogens with two attached hydrogens (primary N) is 1. The molecule has 2 aliphatic rings. The van der Waals surface area contributed by atoms with Crippen molar-refractivity contribution in [1.82, 2.24) is 4.90 Å². The van der Waals surface area contributed by atoms with Crippen LogP contribution in [-0.2, 0) is 14.3 Å². The van der Waals surface area contributed by atoms with E-state index in [4.69, 9.17) is 15.2 Å². The van der Waals surface area contributed by atoms with Crippen molar-refractivity contribution in [3.8, 4) is 0 Å². The van der Waals surface area contributed by atoms with Crippen LogP contribution >= 0.6 is 11.8 Å². The second-order valence-electron chi connectivity index (χ2n) is 4.65. The van der Waals surface area contributed by atoms with E-state index in [1.807, 2.05) is 6.92 Å². The van der Waals surface area contributed by atoms with Gasteiger partial charge in [0.05, 0.1) is 6.21 Å². The first-order valence-corrected chi connectivity index (χ1v) is 7.62. The number of aliphatic hydroxyl groups is 1. The van der Waals surface area contributed by atoms with E-state index in [1.54, 1.807) is 0 Å². The molecule has 0 aromatic carbocycles. The summed E-state index contributed by atoms with van der Waals surface area (Å²) in [4.78, 5) is 15.9. The Morgan fingerprint density at radius 2 is 2.57 bits per heavy atom. The van der Waals surface area contributed by atoms with E-state index in [0.29, 0.717) is 12.2 Å². The third-order valence-electron chi connectivity index (χ3n) is 2.90. The van der Waals surface area contributed by atoms with Crippen LogP contribution in [0.15, 0.2) is 17.0 Å². The maximum atomic E-state index is 13.2. The summed E-state index contributed by atoms with van der Waals surface area (Å²) in [5, 5.41) is 9.91. The SMILES string of the molecule is CCCC(=O)OC[C@@H]1O[C@H](N2C=C(F)C=NC2(N)O)CS1. The van der Waals surface area contributed by atoms with Gasteiger partial charge >= 0.3 is 5.97 Å². The minimum absolute atomic E-state index is 0.103. The molecule has 118 valence electrons. The van der Waals surface area contributed by atoms with Gasteiger partial charge in [0, 0.05) is 18.4 Å². The summed E-state index contributed by atoms with van der Waals surface area (Å²) in [6.07, 6.45) is 2.32. The van der Waals surface area contributed by atoms with E-state index in [9.17, 15) is 14.3 Å². The Kier molecular flexibility index (Phi) is 5.20. The zero-order valence-corrected chi connectivity index (χ0v) is 12.4. The van der Waals surface area contributed by atoms with Crippen LogP contribution in [0.5, 0.6) is 0 Å². The van der Waals surface area contributed by atoms with Gasteiger partial charge in [-0.25, -0.2) is 9.38 Å². The molecule has 3 atom stereocenters. The Hall–Kier alpha value is -1.16. The molecular weight excluding hydrogens is 301 g/mol. The predicted molar refractivity (Wildman–Crippen MR) is 75.6 cm³/mol. The normalized spacial score (nSPS) is 32.2. The van der Waals surface area contributed by atoms with Crippen molar-refractivity contribution < 1.29 is 23.8 Å². The highest BCUT2D eigenvalue weighted by atomic mass is 32.2. The summed E-state index contributed by atoms with van der Waals surface area (Å²) in [7, 11) is 0. The largest absolute Gasteiger partial charge is 0.462 e. The lowest BCUT2D eigenvalue weighted by Crippen LogP contribution is -2.58. The van der Waals surface area contributed by atoms with Crippen LogP contribution < -0.4 is 5.73 Å². The van der Waals surface area contributed by atoms with E-state index in [0.717, 1.165) is 23.7 Å². The quantitative estimate of drug-likeness (QED) is 0.562. The minimum atomic E-state index is -2.05. The summed E-state index contributed by atoms with van der Waals surface area (Å²) in [6, 6.07) is 0. The maximum Gasteiger partial charge on any atom is 0.305 e. The van der Waals surface area contributed by atoms with Gasteiger partial charge in [0.25, 0.3) is 5.97 Å². The van der Waals surface area contributed by atoms with Crippen molar-refractivity contribution in [2.75, 3.05) is 12.4 Å². The second kappa shape index (κ2) is 6.73. The molecule has 0 radical (unpaired) electrons. The standard InChI is InChI=1S/C12H18FN3O4S/c1-2-3-10(17)19-6-11-20-9(7-21-11)16-5-8(13)4-15-12(16,14)18/h4-5,9,11,18H,2-3,6-7,14H2,1H3/t9-,11+,12?/m0/s1. The van der Waals surface area contributed by atoms with Gasteiger partial charge in [0.15, 0.2) is 5.83 Å². The lowest BCUT2D eigenvalue weighted by Gasteiger charge is -2.37. The van der Waals surface area contributed by atoms with Crippen molar-refractivity contribution in [3.05, 3.63) is 12.0 Å². The number of thioether (sulfide) groups is 1. The molecule has 0 aliphatic carbocycles. The van der Waals surface area contributed by atoms with E-state index in [1.165, 1.54) is 11.8 Å². The Bertz CT molecular complexity index is 458. The fraction of sp³-hybridized carbons (Fsp3) is 0.667. The number of aliphatic imine (C=N–C) groups is 1. The Labute approximate surface area is 126 Å². The molecule has 1 fully saturated rings. The summed E-state index contributed by atoms with van der Waals surface area (Å²) in [5.74, 6) is -2.52. The molecule has 0 saturated carbocycles. The van der Waals surface area contributed by atoms with Crippen LogP contribution in [0.2, 0.25) is 0 Å². The Balaban J connectivity index is 1.87. The van der Waals surface area contributed by atoms with Gasteiger partial charge in [-0.15, -0.1) is 11.8 Å². The van der Waals surface area contributed by atoms with Crippen molar-refractivity contribution in [3.63, 3.8) is 0 Å². The molecule has 21 heavy (non-hydrogen) atoms. The van der Waals surface area contributed by atoms with Crippen LogP contribution in [-0.4, -0.2) is 52.2 Å². The highest BCUT2D eigenvalue weighted by molar-refractivity contribution is 8.00. The minimum Gasteiger partial charge on any atom is -0.462 e. The van der Waals surface area contributed by atoms with Crippen molar-refractivity contribution in [1.29, 1.82) is 0 Å². The van der Waals surface area contributed by atoms with E-state index < -0.39 is 18.0 Å². The first-order valence-electron chi connectivity index (χ1n) is 6.57. The summed E-state index contributed by atoms with van der Waals surface area (Å²) >= 11 is 1.39. The molecule has 3 N–H and O–H groups in total. The lowest BCUT2D eigenvalue weighted by molar-refractivity contribution is -0.165. The average molecular weight is 319 g/mol. The maximum absolute atomic E-state index is 13.2. The molecule has 0 spiro atoms. The summed E-state index contributed by atoms with van der Waals surface area (Å²) in [5.41, 5.74) is 5.19. The third-order valence-corrected chi connectivity index (χ3v) is 4.00. The number of hydrogen-bond acceptors (Lipinski definition) is 8. The van der Waals surface area contributed by atoms with Crippen molar-refractivity contribution >= 4 is 23.9 Å². The molecule has 2 rings (SSSR count). The molecular formula is C12H18FN3O4S. The van der Waals surface area contributed by atoms with Crippen LogP contribution in [0.3, 0.4) is 0 Å². The summed E-state index contributed by atoms with van der Waals surface area (Å²) in [6.45, 7) is 1.99. The molecule has 1 saturated heterocycles. The van der Waals surface area contributed by atoms with Gasteiger partial charge in [-0.1, -0.05) is 6.92 Å². The zero-order chi connectivity index (χ0) is 15.5. The van der Waals surface area contributed by atoms with Gasteiger partial charge in [-0.05, 0) is 6.42 Å². The third kappa shape index (κ3) is 4.16. The van der Waals surface area contributed by atoms with Gasteiger partial charge in [-0.2, -0.15) is 0 Å². The number of esters is 1. The number of ether oxygens (including phenoxy) is 2. The lowest BCUT2D eigenvalue weighted by atomic mass is 10.3. The fourth-order valence-electron chi connectivity index (χ4n) is 1.89. The number of carbonyl (C=O) groups excluding carboxylic acids is 1. The van der Waals surface area contributed by atoms with Gasteiger partial charge in [0.1, 0.15) is 18.3 Å². The number of hydrogen-bond donors (Lipinski definition) is 2. The number of carbonyl (C=O) groups is 1. The molecule has 2 aliphatic heterocycles. The van der Waals surface area contributed by atoms with Crippen molar-refractivity contribution in [2.45, 2.75) is 37.4 Å². The topological polar surface area (TPSA) is 97.4 Å². The molecule has 0 aromatic rings. The van der Waals surface area contributed by atoms with E-state index >= 15 is 0 Å². The van der Waals surface area contributed by atoms with E-state index in [-0.39, 0.29) is 18.0 Å². The molecule has 0 bridgehead atoms. The van der Waals surface area contributed by atoms with Gasteiger partial charge in [-0.3, -0.25) is 15.4 Å². The molecule has 9 heteroatoms. The number of rotatable bonds is 5. The number of allylic oxidation sites excluding steroid dienone is 1. The molecule has 1 unspecified atom stereocenters. The summed E-state index contributed by atoms with van der Waals surface area (Å²) < 4.78 is 23.9. The smallest absolute Gasteiger partial charge is 0.305 e. The Morgan fingerprint density at radius 3 is 3.29 bits per heavy atom. The van der Waals surface area contributed by atoms with Gasteiger partial charge < -0.3 is 14.6 Å². The number of halogens is 1. The highest BCUT2D eigenvalue weighted by Crippen LogP contribution is 2.31. The van der Waals surface area contributed by atoms with E-state index in [2.05, 4.69) is 4.99 Å². The molecule has 7 nitrogen and oxygen atoms in total.